The number of nitrogens with one attached hydrogen (secondary N) is 1. The third-order valence-corrected chi connectivity index (χ3v) is 4.71. The first-order valence-corrected chi connectivity index (χ1v) is 8.37. The maximum absolute atomic E-state index is 6.34. The van der Waals surface area contributed by atoms with E-state index in [0.717, 1.165) is 39.0 Å². The molecule has 3 nitrogen and oxygen atoms in total. The van der Waals surface area contributed by atoms with Crippen LogP contribution in [-0.2, 0) is 7.05 Å². The molecule has 2 aromatic heterocycles. The van der Waals surface area contributed by atoms with Gasteiger partial charge in [0.15, 0.2) is 11.3 Å². The summed E-state index contributed by atoms with van der Waals surface area (Å²) in [7, 11) is 2.11. The van der Waals surface area contributed by atoms with E-state index in [9.17, 15) is 0 Å². The second-order valence-electron chi connectivity index (χ2n) is 6.21. The summed E-state index contributed by atoms with van der Waals surface area (Å²) >= 11 is 0. The predicted molar refractivity (Wildman–Crippen MR) is 101 cm³/mol. The largest absolute Gasteiger partial charge is 1.00 e. The van der Waals surface area contributed by atoms with Gasteiger partial charge in [-0.3, -0.25) is 0 Å². The Morgan fingerprint density at radius 1 is 0.769 bits per heavy atom. The molecule has 0 saturated carbocycles. The molecule has 0 amide bonds. The van der Waals surface area contributed by atoms with Crippen molar-refractivity contribution < 1.29 is 21.7 Å². The van der Waals surface area contributed by atoms with E-state index in [-0.39, 0.29) is 12.4 Å². The summed E-state index contributed by atoms with van der Waals surface area (Å²) < 4.78 is 8.58. The fourth-order valence-corrected chi connectivity index (χ4v) is 3.57. The number of hydrogen-bond donors (Lipinski definition) is 1. The fourth-order valence-electron chi connectivity index (χ4n) is 3.57. The molecule has 0 fully saturated rings. The molecule has 0 aliphatic heterocycles. The van der Waals surface area contributed by atoms with Crippen LogP contribution in [0.25, 0.3) is 32.8 Å². The van der Waals surface area contributed by atoms with Gasteiger partial charge in [-0.2, -0.15) is 4.57 Å². The lowest BCUT2D eigenvalue weighted by Gasteiger charge is -2.09. The Kier molecular flexibility index (Phi) is 4.02. The average molecular weight is 361 g/mol. The summed E-state index contributed by atoms with van der Waals surface area (Å²) in [4.78, 5) is 3.55. The summed E-state index contributed by atoms with van der Waals surface area (Å²) in [6.45, 7) is 0. The first kappa shape index (κ1) is 16.4. The average Bonchev–Trinajstić information content (AvgIpc) is 3.06. The quantitative estimate of drug-likeness (QED) is 0.480. The van der Waals surface area contributed by atoms with Crippen LogP contribution >= 0.6 is 0 Å². The fraction of sp³-hybridized carbons (Fsp3) is 0.0455. The van der Waals surface area contributed by atoms with Gasteiger partial charge in [0.1, 0.15) is 12.8 Å². The van der Waals surface area contributed by atoms with Crippen LogP contribution in [0.3, 0.4) is 0 Å². The van der Waals surface area contributed by atoms with Crippen molar-refractivity contribution in [3.8, 4) is 11.5 Å². The Balaban J connectivity index is 0.00000168. The molecule has 3 aromatic carbocycles. The van der Waals surface area contributed by atoms with Gasteiger partial charge in [0.2, 0.25) is 11.0 Å². The Morgan fingerprint density at radius 2 is 1.42 bits per heavy atom. The first-order valence-electron chi connectivity index (χ1n) is 8.37. The minimum atomic E-state index is 0. The normalized spacial score (nSPS) is 11.0. The third kappa shape index (κ3) is 2.40. The molecule has 26 heavy (non-hydrogen) atoms. The van der Waals surface area contributed by atoms with Crippen molar-refractivity contribution >= 4 is 32.8 Å². The van der Waals surface area contributed by atoms with Crippen molar-refractivity contribution in [1.29, 1.82) is 0 Å². The summed E-state index contributed by atoms with van der Waals surface area (Å²) in [5.74, 6) is 1.70. The summed E-state index contributed by atoms with van der Waals surface area (Å²) in [5.41, 5.74) is 4.43. The molecular formula is C22H17ClN2O. The predicted octanol–water partition coefficient (Wildman–Crippen LogP) is 2.10. The lowest BCUT2D eigenvalue weighted by atomic mass is 10.1. The van der Waals surface area contributed by atoms with Crippen LogP contribution in [-0.4, -0.2) is 4.98 Å². The van der Waals surface area contributed by atoms with E-state index in [2.05, 4.69) is 65.1 Å². The number of halogens is 1. The van der Waals surface area contributed by atoms with Crippen LogP contribution < -0.4 is 21.7 Å². The number of nitrogens with zero attached hydrogens (tertiary/aromatic N) is 1. The highest BCUT2D eigenvalue weighted by atomic mass is 35.5. The van der Waals surface area contributed by atoms with E-state index in [1.807, 2.05) is 30.3 Å². The van der Waals surface area contributed by atoms with E-state index < -0.39 is 0 Å². The number of fused-ring (bicyclic) bond motifs is 4. The number of rotatable bonds is 2. The number of aryl methyl sites for hydroxylation is 1. The van der Waals surface area contributed by atoms with Crippen molar-refractivity contribution in [3.63, 3.8) is 0 Å². The van der Waals surface area contributed by atoms with Crippen LogP contribution in [0, 0.1) is 0 Å². The number of pyridine rings is 1. The molecule has 0 radical (unpaired) electrons. The molecule has 4 heteroatoms. The van der Waals surface area contributed by atoms with E-state index in [0.29, 0.717) is 0 Å². The van der Waals surface area contributed by atoms with Gasteiger partial charge < -0.3 is 22.1 Å². The monoisotopic (exact) mass is 360 g/mol. The maximum atomic E-state index is 6.34. The highest BCUT2D eigenvalue weighted by Crippen LogP contribution is 2.37. The van der Waals surface area contributed by atoms with Crippen LogP contribution in [0.5, 0.6) is 11.5 Å². The molecule has 128 valence electrons. The molecule has 0 unspecified atom stereocenters. The highest BCUT2D eigenvalue weighted by Gasteiger charge is 2.23. The number of ether oxygens (including phenoxy) is 1. The van der Waals surface area contributed by atoms with Gasteiger partial charge in [0.05, 0.1) is 16.3 Å². The molecule has 0 saturated heterocycles. The number of benzene rings is 3. The van der Waals surface area contributed by atoms with Gasteiger partial charge in [0, 0.05) is 6.07 Å². The molecule has 1 N–H and O–H groups in total. The smallest absolute Gasteiger partial charge is 0.242 e. The first-order chi connectivity index (χ1) is 12.3. The van der Waals surface area contributed by atoms with E-state index >= 15 is 0 Å². The number of para-hydroxylation sites is 3. The number of hydrogen-bond acceptors (Lipinski definition) is 1. The second-order valence-corrected chi connectivity index (χ2v) is 6.21. The number of H-pyrrole nitrogens is 1. The topological polar surface area (TPSA) is 28.9 Å². The summed E-state index contributed by atoms with van der Waals surface area (Å²) in [6.07, 6.45) is 0. The van der Waals surface area contributed by atoms with Crippen LogP contribution in [0.15, 0.2) is 78.9 Å². The molecule has 0 bridgehead atoms. The Bertz CT molecular complexity index is 1230. The SMILES string of the molecule is C[n+]1c2ccccc2c(Oc2ccccc2)c2[nH]c3ccccc3c21.[Cl-]. The van der Waals surface area contributed by atoms with E-state index in [1.165, 1.54) is 5.39 Å². The summed E-state index contributed by atoms with van der Waals surface area (Å²) in [6, 6.07) is 26.7. The van der Waals surface area contributed by atoms with Gasteiger partial charge >= 0.3 is 0 Å². The van der Waals surface area contributed by atoms with Gasteiger partial charge in [-0.1, -0.05) is 42.5 Å². The zero-order chi connectivity index (χ0) is 16.8. The Morgan fingerprint density at radius 3 is 2.23 bits per heavy atom. The second kappa shape index (κ2) is 6.36. The minimum Gasteiger partial charge on any atom is -1.00 e. The van der Waals surface area contributed by atoms with Gasteiger partial charge in [0.25, 0.3) is 0 Å². The Hall–Kier alpha value is -3.04. The standard InChI is InChI=1S/C22H16N2O.ClH/c1-24-19-14-8-6-12-17(19)22(25-15-9-3-2-4-10-15)20-21(24)16-11-5-7-13-18(16)23-20;/h2-14H,1H3;1H. The van der Waals surface area contributed by atoms with Crippen molar-refractivity contribution in [2.45, 2.75) is 0 Å². The molecule has 0 aliphatic rings. The van der Waals surface area contributed by atoms with Crippen LogP contribution in [0.2, 0.25) is 0 Å². The van der Waals surface area contributed by atoms with Gasteiger partial charge in [-0.15, -0.1) is 0 Å². The zero-order valence-electron chi connectivity index (χ0n) is 14.2. The van der Waals surface area contributed by atoms with E-state index in [1.54, 1.807) is 0 Å². The molecule has 5 rings (SSSR count). The molecule has 0 spiro atoms. The van der Waals surface area contributed by atoms with Crippen LogP contribution in [0.4, 0.5) is 0 Å². The van der Waals surface area contributed by atoms with Crippen molar-refractivity contribution in [2.75, 3.05) is 0 Å². The number of aromatic nitrogens is 2. The number of aromatic amines is 1. The zero-order valence-corrected chi connectivity index (χ0v) is 15.0. The van der Waals surface area contributed by atoms with Gasteiger partial charge in [-0.05, 0) is 30.3 Å². The van der Waals surface area contributed by atoms with Gasteiger partial charge in [-0.25, -0.2) is 0 Å². The van der Waals surface area contributed by atoms with Crippen molar-refractivity contribution in [2.24, 2.45) is 7.05 Å². The molecule has 0 aliphatic carbocycles. The molecule has 0 atom stereocenters. The Labute approximate surface area is 157 Å². The molecule has 2 heterocycles. The van der Waals surface area contributed by atoms with Crippen molar-refractivity contribution in [3.05, 3.63) is 78.9 Å². The maximum Gasteiger partial charge on any atom is 0.242 e. The lowest BCUT2D eigenvalue weighted by molar-refractivity contribution is -0.616. The van der Waals surface area contributed by atoms with Crippen molar-refractivity contribution in [1.82, 2.24) is 4.98 Å². The third-order valence-electron chi connectivity index (χ3n) is 4.71. The van der Waals surface area contributed by atoms with E-state index in [4.69, 9.17) is 4.74 Å². The summed E-state index contributed by atoms with van der Waals surface area (Å²) in [5, 5.41) is 2.29. The van der Waals surface area contributed by atoms with Crippen LogP contribution in [0.1, 0.15) is 0 Å². The minimum absolute atomic E-state index is 0. The molecule has 5 aromatic rings. The highest BCUT2D eigenvalue weighted by molar-refractivity contribution is 6.09. The lowest BCUT2D eigenvalue weighted by Crippen LogP contribution is -3.00. The molecular weight excluding hydrogens is 344 g/mol.